The molecule has 1 atom stereocenters. The zero-order valence-corrected chi connectivity index (χ0v) is 12.8. The lowest BCUT2D eigenvalue weighted by Gasteiger charge is -2.16. The summed E-state index contributed by atoms with van der Waals surface area (Å²) >= 11 is 0. The van der Waals surface area contributed by atoms with Crippen molar-refractivity contribution >= 4 is 11.7 Å². The number of alkyl halides is 2. The summed E-state index contributed by atoms with van der Waals surface area (Å²) in [4.78, 5) is 12.0. The van der Waals surface area contributed by atoms with Crippen molar-refractivity contribution in [3.8, 4) is 5.75 Å². The number of rotatable bonds is 5. The molecule has 2 rings (SSSR count). The monoisotopic (exact) mass is 320 g/mol. The molecule has 0 saturated heterocycles. The van der Waals surface area contributed by atoms with E-state index >= 15 is 0 Å². The molecule has 2 aromatic rings. The Hall–Kier alpha value is -2.63. The van der Waals surface area contributed by atoms with Crippen molar-refractivity contribution in [3.05, 3.63) is 59.7 Å². The Morgan fingerprint density at radius 1 is 1.13 bits per heavy atom. The zero-order chi connectivity index (χ0) is 16.8. The first-order chi connectivity index (χ1) is 10.9. The fourth-order valence-corrected chi connectivity index (χ4v) is 2.13. The molecular weight excluding hydrogens is 302 g/mol. The minimum absolute atomic E-state index is 0.0604. The van der Waals surface area contributed by atoms with Crippen LogP contribution in [-0.4, -0.2) is 12.6 Å². The van der Waals surface area contributed by atoms with Crippen LogP contribution in [0, 0.1) is 6.92 Å². The third-order valence-electron chi connectivity index (χ3n) is 3.21. The highest BCUT2D eigenvalue weighted by atomic mass is 19.3. The molecule has 2 aromatic carbocycles. The number of hydrogen-bond donors (Lipinski definition) is 2. The molecule has 6 heteroatoms. The predicted octanol–water partition coefficient (Wildman–Crippen LogP) is 4.48. The topological polar surface area (TPSA) is 50.4 Å². The first-order valence-corrected chi connectivity index (χ1v) is 7.13. The van der Waals surface area contributed by atoms with E-state index in [9.17, 15) is 13.6 Å². The van der Waals surface area contributed by atoms with Crippen LogP contribution in [0.5, 0.6) is 5.75 Å². The largest absolute Gasteiger partial charge is 0.435 e. The second-order valence-electron chi connectivity index (χ2n) is 5.14. The highest BCUT2D eigenvalue weighted by Crippen LogP contribution is 2.20. The van der Waals surface area contributed by atoms with E-state index in [1.165, 1.54) is 12.1 Å². The summed E-state index contributed by atoms with van der Waals surface area (Å²) in [5.41, 5.74) is 2.39. The predicted molar refractivity (Wildman–Crippen MR) is 84.8 cm³/mol. The summed E-state index contributed by atoms with van der Waals surface area (Å²) in [5.74, 6) is 0.0604. The van der Waals surface area contributed by atoms with E-state index in [2.05, 4.69) is 15.4 Å². The van der Waals surface area contributed by atoms with Crippen LogP contribution in [0.4, 0.5) is 19.3 Å². The van der Waals surface area contributed by atoms with E-state index < -0.39 is 6.61 Å². The second-order valence-corrected chi connectivity index (χ2v) is 5.14. The summed E-state index contributed by atoms with van der Waals surface area (Å²) in [5, 5.41) is 5.48. The SMILES string of the molecule is Cc1cccc(NC(=O)N[C@@H](C)c2cccc(OC(F)F)c2)c1. The van der Waals surface area contributed by atoms with Crippen molar-refractivity contribution in [1.29, 1.82) is 0 Å². The van der Waals surface area contributed by atoms with Crippen molar-refractivity contribution in [2.45, 2.75) is 26.5 Å². The highest BCUT2D eigenvalue weighted by Gasteiger charge is 2.12. The molecule has 0 aliphatic carbocycles. The molecule has 2 N–H and O–H groups in total. The van der Waals surface area contributed by atoms with Crippen LogP contribution in [0.25, 0.3) is 0 Å². The fourth-order valence-electron chi connectivity index (χ4n) is 2.13. The molecule has 23 heavy (non-hydrogen) atoms. The van der Waals surface area contributed by atoms with Crippen LogP contribution in [0.1, 0.15) is 24.1 Å². The Kier molecular flexibility index (Phi) is 5.51. The van der Waals surface area contributed by atoms with Crippen LogP contribution in [0.3, 0.4) is 0 Å². The van der Waals surface area contributed by atoms with Crippen molar-refractivity contribution in [2.24, 2.45) is 0 Å². The van der Waals surface area contributed by atoms with E-state index in [0.717, 1.165) is 5.56 Å². The third kappa shape index (κ3) is 5.25. The summed E-state index contributed by atoms with van der Waals surface area (Å²) in [6.45, 7) is 0.815. The van der Waals surface area contributed by atoms with Gasteiger partial charge in [0, 0.05) is 5.69 Å². The minimum Gasteiger partial charge on any atom is -0.435 e. The molecule has 0 aliphatic rings. The minimum atomic E-state index is -2.88. The maximum Gasteiger partial charge on any atom is 0.387 e. The van der Waals surface area contributed by atoms with Crippen molar-refractivity contribution in [3.63, 3.8) is 0 Å². The van der Waals surface area contributed by atoms with Gasteiger partial charge in [0.05, 0.1) is 6.04 Å². The summed E-state index contributed by atoms with van der Waals surface area (Å²) in [7, 11) is 0. The Morgan fingerprint density at radius 2 is 1.87 bits per heavy atom. The smallest absolute Gasteiger partial charge is 0.387 e. The van der Waals surface area contributed by atoms with Gasteiger partial charge in [-0.25, -0.2) is 4.79 Å². The number of carbonyl (C=O) groups is 1. The first kappa shape index (κ1) is 16.7. The number of aryl methyl sites for hydroxylation is 1. The Morgan fingerprint density at radius 3 is 2.57 bits per heavy atom. The van der Waals surface area contributed by atoms with Crippen LogP contribution in [0.2, 0.25) is 0 Å². The van der Waals surface area contributed by atoms with Gasteiger partial charge in [-0.15, -0.1) is 0 Å². The second kappa shape index (κ2) is 7.58. The van der Waals surface area contributed by atoms with Gasteiger partial charge in [-0.2, -0.15) is 8.78 Å². The first-order valence-electron chi connectivity index (χ1n) is 7.13. The van der Waals surface area contributed by atoms with Gasteiger partial charge in [-0.1, -0.05) is 24.3 Å². The summed E-state index contributed by atoms with van der Waals surface area (Å²) in [6, 6.07) is 12.9. The number of benzene rings is 2. The summed E-state index contributed by atoms with van der Waals surface area (Å²) < 4.78 is 28.8. The Bertz CT molecular complexity index is 677. The van der Waals surface area contributed by atoms with Gasteiger partial charge in [-0.05, 0) is 49.2 Å². The number of carbonyl (C=O) groups excluding carboxylic acids is 1. The molecule has 0 saturated carbocycles. The number of ether oxygens (including phenoxy) is 1. The quantitative estimate of drug-likeness (QED) is 0.853. The lowest BCUT2D eigenvalue weighted by Crippen LogP contribution is -2.31. The lowest BCUT2D eigenvalue weighted by atomic mass is 10.1. The number of urea groups is 1. The maximum absolute atomic E-state index is 12.2. The number of hydrogen-bond acceptors (Lipinski definition) is 2. The van der Waals surface area contributed by atoms with Crippen molar-refractivity contribution in [1.82, 2.24) is 5.32 Å². The van der Waals surface area contributed by atoms with Crippen molar-refractivity contribution in [2.75, 3.05) is 5.32 Å². The number of nitrogens with one attached hydrogen (secondary N) is 2. The highest BCUT2D eigenvalue weighted by molar-refractivity contribution is 5.89. The number of anilines is 1. The van der Waals surface area contributed by atoms with Crippen molar-refractivity contribution < 1.29 is 18.3 Å². The fraction of sp³-hybridized carbons (Fsp3) is 0.235. The van der Waals surface area contributed by atoms with Crippen LogP contribution < -0.4 is 15.4 Å². The number of amides is 2. The van der Waals surface area contributed by atoms with E-state index in [4.69, 9.17) is 0 Å². The van der Waals surface area contributed by atoms with Crippen LogP contribution >= 0.6 is 0 Å². The Labute approximate surface area is 133 Å². The molecule has 0 unspecified atom stereocenters. The van der Waals surface area contributed by atoms with Gasteiger partial charge in [-0.3, -0.25) is 0 Å². The standard InChI is InChI=1S/C17H18F2N2O2/c1-11-5-3-7-14(9-11)21-17(22)20-12(2)13-6-4-8-15(10-13)23-16(18)19/h3-10,12,16H,1-2H3,(H2,20,21,22)/t12-/m0/s1. The molecule has 0 bridgehead atoms. The molecule has 0 spiro atoms. The van der Waals surface area contributed by atoms with E-state index in [0.29, 0.717) is 11.3 Å². The average molecular weight is 320 g/mol. The van der Waals surface area contributed by atoms with Gasteiger partial charge < -0.3 is 15.4 Å². The maximum atomic E-state index is 12.2. The molecular formula is C17H18F2N2O2. The molecule has 4 nitrogen and oxygen atoms in total. The van der Waals surface area contributed by atoms with E-state index in [1.54, 1.807) is 25.1 Å². The zero-order valence-electron chi connectivity index (χ0n) is 12.8. The van der Waals surface area contributed by atoms with Crippen LogP contribution in [0.15, 0.2) is 48.5 Å². The van der Waals surface area contributed by atoms with Gasteiger partial charge in [0.1, 0.15) is 5.75 Å². The van der Waals surface area contributed by atoms with Gasteiger partial charge >= 0.3 is 12.6 Å². The molecule has 0 fully saturated rings. The molecule has 2 amide bonds. The molecule has 0 radical (unpaired) electrons. The number of halogens is 2. The lowest BCUT2D eigenvalue weighted by molar-refractivity contribution is -0.0499. The summed E-state index contributed by atoms with van der Waals surface area (Å²) in [6.07, 6.45) is 0. The third-order valence-corrected chi connectivity index (χ3v) is 3.21. The molecule has 0 aliphatic heterocycles. The van der Waals surface area contributed by atoms with E-state index in [-0.39, 0.29) is 17.8 Å². The normalized spacial score (nSPS) is 11.9. The van der Waals surface area contributed by atoms with E-state index in [1.807, 2.05) is 25.1 Å². The van der Waals surface area contributed by atoms with Crippen LogP contribution in [-0.2, 0) is 0 Å². The molecule has 0 heterocycles. The van der Waals surface area contributed by atoms with Gasteiger partial charge in [0.15, 0.2) is 0 Å². The molecule has 0 aromatic heterocycles. The van der Waals surface area contributed by atoms with Gasteiger partial charge in [0.2, 0.25) is 0 Å². The Balaban J connectivity index is 1.98. The average Bonchev–Trinajstić information content (AvgIpc) is 2.46. The molecule has 122 valence electrons. The van der Waals surface area contributed by atoms with Gasteiger partial charge in [0.25, 0.3) is 0 Å².